The Bertz CT molecular complexity index is 1450. The van der Waals surface area contributed by atoms with E-state index in [0.717, 1.165) is 37.2 Å². The van der Waals surface area contributed by atoms with Crippen LogP contribution in [0.3, 0.4) is 0 Å². The summed E-state index contributed by atoms with van der Waals surface area (Å²) < 4.78 is 5.83. The molecule has 208 valence electrons. The second-order valence-electron chi connectivity index (χ2n) is 11.4. The maximum Gasteiger partial charge on any atom is 0.300 e. The summed E-state index contributed by atoms with van der Waals surface area (Å²) >= 11 is 0. The summed E-state index contributed by atoms with van der Waals surface area (Å²) in [5.41, 5.74) is 3.26. The number of ketones is 1. The molecule has 1 atom stereocenters. The topological polar surface area (TPSA) is 90.3 Å². The number of benzene rings is 3. The van der Waals surface area contributed by atoms with Crippen LogP contribution in [0.5, 0.6) is 11.5 Å². The number of ether oxygens (including phenoxy) is 1. The minimum absolute atomic E-state index is 0.00308. The fourth-order valence-electron chi connectivity index (χ4n) is 5.57. The minimum atomic E-state index is -0.872. The Morgan fingerprint density at radius 2 is 1.55 bits per heavy atom. The third-order valence-electron chi connectivity index (χ3n) is 7.61. The molecular weight excluding hydrogens is 504 g/mol. The van der Waals surface area contributed by atoms with Crippen molar-refractivity contribution in [2.75, 3.05) is 29.5 Å². The molecular formula is C33H36N2O5. The lowest BCUT2D eigenvalue weighted by molar-refractivity contribution is -0.132. The summed E-state index contributed by atoms with van der Waals surface area (Å²) in [4.78, 5) is 30.9. The Balaban J connectivity index is 1.64. The molecule has 0 saturated carbocycles. The van der Waals surface area contributed by atoms with Crippen LogP contribution in [0.1, 0.15) is 63.3 Å². The fourth-order valence-corrected chi connectivity index (χ4v) is 5.57. The first-order valence-corrected chi connectivity index (χ1v) is 13.8. The lowest BCUT2D eigenvalue weighted by Gasteiger charge is -2.27. The molecule has 2 aliphatic heterocycles. The molecule has 7 nitrogen and oxygen atoms in total. The smallest absolute Gasteiger partial charge is 0.300 e. The molecule has 0 radical (unpaired) electrons. The predicted octanol–water partition coefficient (Wildman–Crippen LogP) is 6.31. The highest BCUT2D eigenvalue weighted by Crippen LogP contribution is 2.44. The van der Waals surface area contributed by atoms with E-state index in [0.29, 0.717) is 29.2 Å². The monoisotopic (exact) mass is 540 g/mol. The maximum absolute atomic E-state index is 13.6. The molecule has 2 fully saturated rings. The fraction of sp³-hybridized carbons (Fsp3) is 0.333. The van der Waals surface area contributed by atoms with Crippen molar-refractivity contribution in [2.24, 2.45) is 0 Å². The minimum Gasteiger partial charge on any atom is -0.508 e. The third-order valence-corrected chi connectivity index (χ3v) is 7.61. The number of anilines is 2. The molecule has 2 N–H and O–H groups in total. The van der Waals surface area contributed by atoms with Gasteiger partial charge in [0.05, 0.1) is 18.2 Å². The van der Waals surface area contributed by atoms with Crippen molar-refractivity contribution in [2.45, 2.75) is 52.0 Å². The largest absolute Gasteiger partial charge is 0.508 e. The Morgan fingerprint density at radius 1 is 0.925 bits per heavy atom. The Labute approximate surface area is 235 Å². The molecule has 0 aromatic heterocycles. The third kappa shape index (κ3) is 5.04. The first kappa shape index (κ1) is 27.3. The van der Waals surface area contributed by atoms with Crippen molar-refractivity contribution >= 4 is 28.8 Å². The van der Waals surface area contributed by atoms with Crippen LogP contribution >= 0.6 is 0 Å². The molecule has 0 aliphatic carbocycles. The van der Waals surface area contributed by atoms with Crippen LogP contribution in [-0.2, 0) is 15.0 Å². The van der Waals surface area contributed by atoms with E-state index in [1.807, 2.05) is 37.3 Å². The molecule has 1 unspecified atom stereocenters. The van der Waals surface area contributed by atoms with Gasteiger partial charge in [0.15, 0.2) is 0 Å². The van der Waals surface area contributed by atoms with Crippen molar-refractivity contribution < 1.29 is 24.5 Å². The number of phenols is 1. The molecule has 0 spiro atoms. The van der Waals surface area contributed by atoms with E-state index in [9.17, 15) is 19.8 Å². The number of nitrogens with zero attached hydrogens (tertiary/aromatic N) is 2. The van der Waals surface area contributed by atoms with Gasteiger partial charge in [0, 0.05) is 35.6 Å². The van der Waals surface area contributed by atoms with Crippen molar-refractivity contribution in [1.82, 2.24) is 0 Å². The lowest BCUT2D eigenvalue weighted by atomic mass is 9.84. The SMILES string of the molecule is CCOc1ccc(/C(O)=C2/C(=O)C(=O)N(c3ccc(N4CCCC4)cc3)C2c2ccc(O)cc2)cc1C(C)(C)C. The van der Waals surface area contributed by atoms with E-state index >= 15 is 0 Å². The highest BCUT2D eigenvalue weighted by molar-refractivity contribution is 6.51. The average Bonchev–Trinajstić information content (AvgIpc) is 3.56. The predicted molar refractivity (Wildman–Crippen MR) is 157 cm³/mol. The van der Waals surface area contributed by atoms with Crippen molar-refractivity contribution in [3.05, 3.63) is 89.0 Å². The highest BCUT2D eigenvalue weighted by Gasteiger charge is 2.47. The number of Topliss-reactive ketones (excluding diaryl/α,β-unsaturated/α-hetero) is 1. The van der Waals surface area contributed by atoms with Gasteiger partial charge in [0.1, 0.15) is 17.3 Å². The number of carbonyl (C=O) groups is 2. The Morgan fingerprint density at radius 3 is 2.15 bits per heavy atom. The van der Waals surface area contributed by atoms with Crippen LogP contribution in [-0.4, -0.2) is 41.6 Å². The molecule has 3 aromatic rings. The summed E-state index contributed by atoms with van der Waals surface area (Å²) in [5.74, 6) is -0.945. The zero-order valence-electron chi connectivity index (χ0n) is 23.5. The van der Waals surface area contributed by atoms with Gasteiger partial charge >= 0.3 is 0 Å². The van der Waals surface area contributed by atoms with Crippen LogP contribution in [0.15, 0.2) is 72.3 Å². The quantitative estimate of drug-likeness (QED) is 0.216. The Kier molecular flexibility index (Phi) is 7.32. The molecule has 5 rings (SSSR count). The summed E-state index contributed by atoms with van der Waals surface area (Å²) in [7, 11) is 0. The van der Waals surface area contributed by atoms with E-state index in [1.54, 1.807) is 24.3 Å². The average molecular weight is 541 g/mol. The van der Waals surface area contributed by atoms with Gasteiger partial charge in [-0.25, -0.2) is 0 Å². The summed E-state index contributed by atoms with van der Waals surface area (Å²) in [6, 6.07) is 18.5. The summed E-state index contributed by atoms with van der Waals surface area (Å²) in [6.07, 6.45) is 2.30. The number of carbonyl (C=O) groups excluding carboxylic acids is 2. The summed E-state index contributed by atoms with van der Waals surface area (Å²) in [6.45, 7) is 10.6. The van der Waals surface area contributed by atoms with Gasteiger partial charge in [-0.2, -0.15) is 0 Å². The molecule has 0 bridgehead atoms. The first-order chi connectivity index (χ1) is 19.1. The first-order valence-electron chi connectivity index (χ1n) is 13.8. The summed E-state index contributed by atoms with van der Waals surface area (Å²) in [5, 5.41) is 21.6. The van der Waals surface area contributed by atoms with Gasteiger partial charge in [-0.1, -0.05) is 32.9 Å². The molecule has 2 saturated heterocycles. The van der Waals surface area contributed by atoms with Crippen molar-refractivity contribution in [3.63, 3.8) is 0 Å². The van der Waals surface area contributed by atoms with E-state index in [4.69, 9.17) is 4.74 Å². The number of aromatic hydroxyl groups is 1. The molecule has 3 aromatic carbocycles. The van der Waals surface area contributed by atoms with E-state index < -0.39 is 17.7 Å². The van der Waals surface area contributed by atoms with Crippen LogP contribution in [0.2, 0.25) is 0 Å². The molecule has 1 amide bonds. The number of aliphatic hydroxyl groups excluding tert-OH is 1. The Hall–Kier alpha value is -4.26. The van der Waals surface area contributed by atoms with Gasteiger partial charge in [-0.3, -0.25) is 14.5 Å². The van der Waals surface area contributed by atoms with Gasteiger partial charge in [0.2, 0.25) is 0 Å². The second kappa shape index (κ2) is 10.7. The zero-order valence-corrected chi connectivity index (χ0v) is 23.5. The number of hydrogen-bond acceptors (Lipinski definition) is 6. The van der Waals surface area contributed by atoms with Crippen LogP contribution in [0.4, 0.5) is 11.4 Å². The second-order valence-corrected chi connectivity index (χ2v) is 11.4. The zero-order chi connectivity index (χ0) is 28.6. The van der Waals surface area contributed by atoms with E-state index in [2.05, 4.69) is 25.7 Å². The molecule has 40 heavy (non-hydrogen) atoms. The molecule has 7 heteroatoms. The number of amides is 1. The standard InChI is InChI=1S/C33H36N2O5/c1-5-40-27-17-10-22(20-26(27)33(2,3)4)30(37)28-29(21-8-15-25(36)16-9-21)35(32(39)31(28)38)24-13-11-23(12-14-24)34-18-6-7-19-34/h8-17,20,29,36-37H,5-7,18-19H2,1-4H3/b30-28-. The van der Waals surface area contributed by atoms with E-state index in [1.165, 1.54) is 17.0 Å². The van der Waals surface area contributed by atoms with Gasteiger partial charge in [0.25, 0.3) is 11.7 Å². The van der Waals surface area contributed by atoms with Crippen LogP contribution in [0.25, 0.3) is 5.76 Å². The molecule has 2 aliphatic rings. The van der Waals surface area contributed by atoms with Gasteiger partial charge in [-0.05, 0) is 85.3 Å². The number of rotatable bonds is 6. The lowest BCUT2D eigenvalue weighted by Crippen LogP contribution is -2.29. The van der Waals surface area contributed by atoms with Gasteiger partial charge < -0.3 is 19.8 Å². The number of hydrogen-bond donors (Lipinski definition) is 2. The van der Waals surface area contributed by atoms with E-state index in [-0.39, 0.29) is 22.5 Å². The number of phenolic OH excluding ortho intramolecular Hbond substituents is 1. The normalized spacial score (nSPS) is 18.9. The van der Waals surface area contributed by atoms with Crippen LogP contribution in [0, 0.1) is 0 Å². The van der Waals surface area contributed by atoms with Crippen LogP contribution < -0.4 is 14.5 Å². The van der Waals surface area contributed by atoms with Crippen molar-refractivity contribution in [3.8, 4) is 11.5 Å². The number of aliphatic hydroxyl groups is 1. The maximum atomic E-state index is 13.6. The molecule has 2 heterocycles. The van der Waals surface area contributed by atoms with Gasteiger partial charge in [-0.15, -0.1) is 0 Å². The highest BCUT2D eigenvalue weighted by atomic mass is 16.5. The van der Waals surface area contributed by atoms with Crippen molar-refractivity contribution in [1.29, 1.82) is 0 Å².